The van der Waals surface area contributed by atoms with E-state index in [1.54, 1.807) is 7.11 Å². The smallest absolute Gasteiger partial charge is 0.227 e. The van der Waals surface area contributed by atoms with Gasteiger partial charge in [0.2, 0.25) is 11.8 Å². The van der Waals surface area contributed by atoms with Gasteiger partial charge in [0.1, 0.15) is 0 Å². The van der Waals surface area contributed by atoms with E-state index in [-0.39, 0.29) is 17.7 Å². The predicted molar refractivity (Wildman–Crippen MR) is 97.1 cm³/mol. The molecular weight excluding hydrogens is 316 g/mol. The van der Waals surface area contributed by atoms with Crippen LogP contribution in [0, 0.1) is 11.8 Å². The van der Waals surface area contributed by atoms with E-state index < -0.39 is 0 Å². The van der Waals surface area contributed by atoms with Crippen molar-refractivity contribution in [2.24, 2.45) is 11.8 Å². The van der Waals surface area contributed by atoms with Crippen LogP contribution in [0.4, 0.5) is 0 Å². The van der Waals surface area contributed by atoms with E-state index >= 15 is 0 Å². The zero-order chi connectivity index (χ0) is 17.6. The predicted octanol–water partition coefficient (Wildman–Crippen LogP) is 2.83. The highest BCUT2D eigenvalue weighted by Gasteiger charge is 2.36. The Kier molecular flexibility index (Phi) is 6.74. The van der Waals surface area contributed by atoms with E-state index in [0.717, 1.165) is 51.8 Å². The average molecular weight is 351 g/mol. The Bertz CT molecular complexity index is 452. The maximum absolute atomic E-state index is 13.0. The summed E-state index contributed by atoms with van der Waals surface area (Å²) in [4.78, 5) is 29.5. The van der Waals surface area contributed by atoms with E-state index in [1.165, 1.54) is 25.7 Å². The van der Waals surface area contributed by atoms with Crippen LogP contribution < -0.4 is 0 Å². The normalized spacial score (nSPS) is 27.4. The number of rotatable bonds is 4. The van der Waals surface area contributed by atoms with Crippen LogP contribution in [0.25, 0.3) is 0 Å². The van der Waals surface area contributed by atoms with Crippen molar-refractivity contribution in [2.45, 2.75) is 70.3 Å². The fraction of sp³-hybridized carbons (Fsp3) is 0.900. The summed E-state index contributed by atoms with van der Waals surface area (Å²) in [5, 5.41) is 0. The van der Waals surface area contributed by atoms with Crippen molar-refractivity contribution < 1.29 is 14.3 Å². The number of amides is 2. The number of nitrogens with zero attached hydrogens (tertiary/aromatic N) is 2. The number of hydrogen-bond acceptors (Lipinski definition) is 3. The zero-order valence-electron chi connectivity index (χ0n) is 15.8. The van der Waals surface area contributed by atoms with E-state index in [2.05, 4.69) is 4.90 Å². The van der Waals surface area contributed by atoms with Gasteiger partial charge in [-0.25, -0.2) is 0 Å². The molecular formula is C20H34N2O3. The van der Waals surface area contributed by atoms with Gasteiger partial charge in [0, 0.05) is 45.8 Å². The Labute approximate surface area is 152 Å². The van der Waals surface area contributed by atoms with Gasteiger partial charge in [-0.1, -0.05) is 25.7 Å². The minimum atomic E-state index is 0.0138. The van der Waals surface area contributed by atoms with Gasteiger partial charge in [-0.2, -0.15) is 0 Å². The zero-order valence-corrected chi connectivity index (χ0v) is 15.8. The van der Waals surface area contributed by atoms with E-state index in [4.69, 9.17) is 4.74 Å². The first-order valence-corrected chi connectivity index (χ1v) is 10.3. The lowest BCUT2D eigenvalue weighted by atomic mass is 9.91. The second-order valence-electron chi connectivity index (χ2n) is 8.15. The average Bonchev–Trinajstić information content (AvgIpc) is 2.92. The Balaban J connectivity index is 1.55. The van der Waals surface area contributed by atoms with Crippen molar-refractivity contribution in [3.8, 4) is 0 Å². The molecule has 1 aliphatic carbocycles. The second-order valence-corrected chi connectivity index (χ2v) is 8.15. The number of likely N-dealkylation sites (tertiary alicyclic amines) is 2. The molecule has 2 saturated heterocycles. The van der Waals surface area contributed by atoms with Crippen molar-refractivity contribution >= 4 is 11.8 Å². The molecule has 0 aromatic carbocycles. The first kappa shape index (κ1) is 18.7. The van der Waals surface area contributed by atoms with Crippen LogP contribution in [0.15, 0.2) is 0 Å². The first-order valence-electron chi connectivity index (χ1n) is 10.3. The lowest BCUT2D eigenvalue weighted by Gasteiger charge is -2.40. The molecule has 5 heteroatoms. The molecule has 0 N–H and O–H groups in total. The molecule has 0 bridgehead atoms. The van der Waals surface area contributed by atoms with Gasteiger partial charge >= 0.3 is 0 Å². The topological polar surface area (TPSA) is 49.9 Å². The summed E-state index contributed by atoms with van der Waals surface area (Å²) in [5.74, 6) is 1.15. The monoisotopic (exact) mass is 350 g/mol. The fourth-order valence-corrected chi connectivity index (χ4v) is 4.81. The maximum Gasteiger partial charge on any atom is 0.227 e. The molecule has 5 nitrogen and oxygen atoms in total. The molecule has 0 aromatic rings. The third kappa shape index (κ3) is 4.75. The third-order valence-corrected chi connectivity index (χ3v) is 6.39. The highest BCUT2D eigenvalue weighted by atomic mass is 16.5. The summed E-state index contributed by atoms with van der Waals surface area (Å²) < 4.78 is 5.25. The van der Waals surface area contributed by atoms with E-state index in [9.17, 15) is 9.59 Å². The molecule has 3 fully saturated rings. The van der Waals surface area contributed by atoms with Crippen LogP contribution >= 0.6 is 0 Å². The van der Waals surface area contributed by atoms with Gasteiger partial charge in [-0.15, -0.1) is 0 Å². The Morgan fingerprint density at radius 2 is 1.72 bits per heavy atom. The quantitative estimate of drug-likeness (QED) is 0.733. The van der Waals surface area contributed by atoms with Crippen molar-refractivity contribution in [3.05, 3.63) is 0 Å². The molecule has 1 saturated carbocycles. The minimum Gasteiger partial charge on any atom is -0.384 e. The van der Waals surface area contributed by atoms with Crippen LogP contribution in [0.3, 0.4) is 0 Å². The van der Waals surface area contributed by atoms with Crippen molar-refractivity contribution in [1.82, 2.24) is 9.80 Å². The van der Waals surface area contributed by atoms with Crippen molar-refractivity contribution in [1.29, 1.82) is 0 Å². The summed E-state index contributed by atoms with van der Waals surface area (Å²) in [5.41, 5.74) is 0. The van der Waals surface area contributed by atoms with Crippen LogP contribution in [0.2, 0.25) is 0 Å². The molecule has 0 spiro atoms. The first-order chi connectivity index (χ1) is 12.2. The summed E-state index contributed by atoms with van der Waals surface area (Å²) in [6.07, 6.45) is 10.6. The van der Waals surface area contributed by atoms with E-state index in [1.807, 2.05) is 4.90 Å². The van der Waals surface area contributed by atoms with Gasteiger partial charge in [0.05, 0.1) is 5.92 Å². The Morgan fingerprint density at radius 1 is 1.04 bits per heavy atom. The number of carbonyl (C=O) groups is 2. The van der Waals surface area contributed by atoms with Gasteiger partial charge in [0.25, 0.3) is 0 Å². The summed E-state index contributed by atoms with van der Waals surface area (Å²) in [6, 6.07) is 0.373. The summed E-state index contributed by atoms with van der Waals surface area (Å²) in [6.45, 7) is 3.15. The lowest BCUT2D eigenvalue weighted by molar-refractivity contribution is -0.146. The van der Waals surface area contributed by atoms with Gasteiger partial charge in [-0.05, 0) is 38.0 Å². The molecule has 2 heterocycles. The molecule has 2 aliphatic heterocycles. The lowest BCUT2D eigenvalue weighted by Crippen LogP contribution is -2.51. The summed E-state index contributed by atoms with van der Waals surface area (Å²) in [7, 11) is 1.75. The Hall–Kier alpha value is -1.10. The number of methoxy groups -OCH3 is 1. The maximum atomic E-state index is 13.0. The highest BCUT2D eigenvalue weighted by molar-refractivity contribution is 5.84. The molecule has 1 atom stereocenters. The Morgan fingerprint density at radius 3 is 2.36 bits per heavy atom. The molecule has 2 amide bonds. The number of piperidine rings is 2. The van der Waals surface area contributed by atoms with Crippen LogP contribution in [0.5, 0.6) is 0 Å². The third-order valence-electron chi connectivity index (χ3n) is 6.39. The molecule has 3 rings (SSSR count). The largest absolute Gasteiger partial charge is 0.384 e. The SMILES string of the molecule is COCC1CCN(C(=O)C2CCC(=O)N(C3CCCCCC3)C2)CC1. The molecule has 142 valence electrons. The highest BCUT2D eigenvalue weighted by Crippen LogP contribution is 2.29. The van der Waals surface area contributed by atoms with Gasteiger partial charge in [0.15, 0.2) is 0 Å². The second kappa shape index (κ2) is 9.02. The molecule has 1 unspecified atom stereocenters. The number of ether oxygens (including phenoxy) is 1. The number of hydrogen-bond donors (Lipinski definition) is 0. The van der Waals surface area contributed by atoms with Crippen molar-refractivity contribution in [2.75, 3.05) is 33.4 Å². The van der Waals surface area contributed by atoms with Crippen molar-refractivity contribution in [3.63, 3.8) is 0 Å². The molecule has 25 heavy (non-hydrogen) atoms. The molecule has 3 aliphatic rings. The van der Waals surface area contributed by atoms with E-state index in [0.29, 0.717) is 24.9 Å². The van der Waals surface area contributed by atoms with Gasteiger partial charge in [-0.3, -0.25) is 9.59 Å². The molecule has 0 aromatic heterocycles. The fourth-order valence-electron chi connectivity index (χ4n) is 4.81. The summed E-state index contributed by atoms with van der Waals surface area (Å²) >= 11 is 0. The standard InChI is InChI=1S/C20H34N2O3/c1-25-15-16-10-12-21(13-11-16)20(24)17-8-9-19(23)22(14-17)18-6-4-2-3-5-7-18/h16-18H,2-15H2,1H3. The van der Waals surface area contributed by atoms with Crippen LogP contribution in [0.1, 0.15) is 64.2 Å². The number of carbonyl (C=O) groups excluding carboxylic acids is 2. The van der Waals surface area contributed by atoms with Crippen LogP contribution in [-0.2, 0) is 14.3 Å². The minimum absolute atomic E-state index is 0.0138. The van der Waals surface area contributed by atoms with Crippen LogP contribution in [-0.4, -0.2) is 61.0 Å². The van der Waals surface area contributed by atoms with Gasteiger partial charge < -0.3 is 14.5 Å². The molecule has 0 radical (unpaired) electrons.